The molecule has 1 saturated heterocycles. The van der Waals surface area contributed by atoms with Crippen molar-refractivity contribution in [3.63, 3.8) is 0 Å². The van der Waals surface area contributed by atoms with E-state index in [1.54, 1.807) is 4.68 Å². The van der Waals surface area contributed by atoms with E-state index in [4.69, 9.17) is 0 Å². The van der Waals surface area contributed by atoms with Gasteiger partial charge in [0.15, 0.2) is 11.6 Å². The number of carbonyl (C=O) groups is 2. The van der Waals surface area contributed by atoms with Gasteiger partial charge >= 0.3 is 0 Å². The Morgan fingerprint density at radius 2 is 1.77 bits per heavy atom. The molecule has 31 heavy (non-hydrogen) atoms. The van der Waals surface area contributed by atoms with Crippen LogP contribution in [0.1, 0.15) is 78.5 Å². The van der Waals surface area contributed by atoms with Crippen molar-refractivity contribution in [3.8, 4) is 0 Å². The Bertz CT molecular complexity index is 959. The Balaban J connectivity index is 1.30. The van der Waals surface area contributed by atoms with E-state index in [-0.39, 0.29) is 29.6 Å². The summed E-state index contributed by atoms with van der Waals surface area (Å²) in [6.07, 6.45) is 6.68. The third kappa shape index (κ3) is 4.14. The third-order valence-electron chi connectivity index (χ3n) is 6.95. The molecule has 2 heterocycles. The lowest BCUT2D eigenvalue weighted by Gasteiger charge is -2.29. The van der Waals surface area contributed by atoms with Crippen molar-refractivity contribution in [2.75, 3.05) is 11.9 Å². The fourth-order valence-corrected chi connectivity index (χ4v) is 5.06. The Hall–Kier alpha value is -2.58. The molecule has 2 aromatic rings. The van der Waals surface area contributed by atoms with Crippen molar-refractivity contribution in [1.29, 1.82) is 0 Å². The Morgan fingerprint density at radius 3 is 2.45 bits per heavy atom. The minimum absolute atomic E-state index is 0.0745. The topological polar surface area (TPSA) is 101 Å². The summed E-state index contributed by atoms with van der Waals surface area (Å²) < 4.78 is 1.76. The number of benzene rings is 1. The summed E-state index contributed by atoms with van der Waals surface area (Å²) in [7, 11) is 1.87. The molecule has 0 bridgehead atoms. The van der Waals surface area contributed by atoms with E-state index in [0.29, 0.717) is 17.3 Å². The largest absolute Gasteiger partial charge is 0.307 e. The van der Waals surface area contributed by atoms with Gasteiger partial charge in [-0.1, -0.05) is 42.3 Å². The molecule has 164 valence electrons. The molecule has 1 aliphatic heterocycles. The molecule has 3 fully saturated rings. The van der Waals surface area contributed by atoms with Gasteiger partial charge in [-0.3, -0.25) is 20.4 Å². The van der Waals surface area contributed by atoms with E-state index in [1.807, 2.05) is 31.3 Å². The Morgan fingerprint density at radius 1 is 1.03 bits per heavy atom. The number of aromatic nitrogens is 3. The molecule has 1 aromatic carbocycles. The van der Waals surface area contributed by atoms with Gasteiger partial charge in [0.1, 0.15) is 0 Å². The highest BCUT2D eigenvalue weighted by Gasteiger charge is 2.38. The average Bonchev–Trinajstić information content (AvgIpc) is 3.34. The minimum atomic E-state index is -0.323. The van der Waals surface area contributed by atoms with Crippen LogP contribution in [-0.4, -0.2) is 33.2 Å². The first-order valence-corrected chi connectivity index (χ1v) is 11.4. The van der Waals surface area contributed by atoms with Crippen molar-refractivity contribution >= 4 is 17.5 Å². The number of Topliss-reactive ketones (excluding diaryl/α,β-unsaturated/α-hetero) is 1. The van der Waals surface area contributed by atoms with Gasteiger partial charge in [-0.2, -0.15) is 0 Å². The smallest absolute Gasteiger partial charge is 0.229 e. The van der Waals surface area contributed by atoms with E-state index >= 15 is 0 Å². The number of nitrogens with zero attached hydrogens (tertiary/aromatic N) is 3. The van der Waals surface area contributed by atoms with Crippen molar-refractivity contribution < 1.29 is 9.59 Å². The first kappa shape index (κ1) is 20.3. The first-order chi connectivity index (χ1) is 15.1. The number of ketones is 1. The molecule has 3 aliphatic rings. The van der Waals surface area contributed by atoms with Crippen LogP contribution in [0.4, 0.5) is 5.82 Å². The summed E-state index contributed by atoms with van der Waals surface area (Å²) >= 11 is 0. The molecule has 8 nitrogen and oxygen atoms in total. The van der Waals surface area contributed by atoms with Crippen LogP contribution in [0.2, 0.25) is 0 Å². The summed E-state index contributed by atoms with van der Waals surface area (Å²) in [5.74, 6) is 0.363. The maximum atomic E-state index is 13.3. The predicted molar refractivity (Wildman–Crippen MR) is 116 cm³/mol. The number of amides is 1. The molecule has 0 radical (unpaired) electrons. The van der Waals surface area contributed by atoms with Crippen molar-refractivity contribution in [1.82, 2.24) is 25.8 Å². The lowest BCUT2D eigenvalue weighted by Crippen LogP contribution is -2.36. The van der Waals surface area contributed by atoms with Crippen LogP contribution in [0.5, 0.6) is 0 Å². The van der Waals surface area contributed by atoms with Gasteiger partial charge in [0.2, 0.25) is 5.91 Å². The van der Waals surface area contributed by atoms with Gasteiger partial charge in [0.25, 0.3) is 0 Å². The van der Waals surface area contributed by atoms with E-state index in [0.717, 1.165) is 57.2 Å². The predicted octanol–water partition coefficient (Wildman–Crippen LogP) is 2.86. The van der Waals surface area contributed by atoms with Crippen LogP contribution in [0.3, 0.4) is 0 Å². The molecule has 1 aromatic heterocycles. The monoisotopic (exact) mass is 422 g/mol. The second kappa shape index (κ2) is 8.51. The lowest BCUT2D eigenvalue weighted by molar-refractivity contribution is -0.122. The summed E-state index contributed by atoms with van der Waals surface area (Å²) in [5.41, 5.74) is 9.26. The SMILES string of the molecule is Cn1nnc(NC(=O)C2CCCCC2C(=O)c2ccc(C3CCNN3)cc2)c1C1CC1. The standard InChI is InChI=1S/C23H30N6O2/c1-29-20(15-8-9-15)22(27-28-29)25-23(31)18-5-3-2-4-17(18)21(30)16-10-6-14(7-11-16)19-12-13-24-26-19/h6-7,10-11,15,17-19,24,26H,2-5,8-9,12-13H2,1H3,(H,25,31). The number of nitrogens with one attached hydrogen (secondary N) is 3. The molecule has 5 rings (SSSR count). The van der Waals surface area contributed by atoms with Crippen LogP contribution < -0.4 is 16.2 Å². The molecule has 1 amide bonds. The quantitative estimate of drug-likeness (QED) is 0.619. The maximum Gasteiger partial charge on any atom is 0.229 e. The second-order valence-electron chi connectivity index (χ2n) is 9.11. The van der Waals surface area contributed by atoms with E-state index < -0.39 is 0 Å². The number of carbonyl (C=O) groups excluding carboxylic acids is 2. The fourth-order valence-electron chi connectivity index (χ4n) is 5.06. The average molecular weight is 423 g/mol. The summed E-state index contributed by atoms with van der Waals surface area (Å²) in [5, 5.41) is 11.3. The number of rotatable bonds is 6. The van der Waals surface area contributed by atoms with Crippen molar-refractivity contribution in [3.05, 3.63) is 41.1 Å². The van der Waals surface area contributed by atoms with E-state index in [2.05, 4.69) is 26.5 Å². The van der Waals surface area contributed by atoms with Gasteiger partial charge in [-0.05, 0) is 37.7 Å². The molecule has 3 unspecified atom stereocenters. The maximum absolute atomic E-state index is 13.3. The zero-order valence-electron chi connectivity index (χ0n) is 17.9. The highest BCUT2D eigenvalue weighted by molar-refractivity contribution is 6.02. The van der Waals surface area contributed by atoms with Gasteiger partial charge < -0.3 is 5.32 Å². The zero-order valence-corrected chi connectivity index (χ0v) is 17.9. The molecule has 2 aliphatic carbocycles. The Labute approximate surface area is 182 Å². The summed E-state index contributed by atoms with van der Waals surface area (Å²) in [6, 6.07) is 8.16. The molecule has 3 N–H and O–H groups in total. The third-order valence-corrected chi connectivity index (χ3v) is 6.95. The number of hydrogen-bond acceptors (Lipinski definition) is 6. The van der Waals surface area contributed by atoms with Gasteiger partial charge in [-0.25, -0.2) is 4.68 Å². The molecular formula is C23H30N6O2. The van der Waals surface area contributed by atoms with E-state index in [9.17, 15) is 9.59 Å². The molecule has 2 saturated carbocycles. The van der Waals surface area contributed by atoms with Crippen molar-refractivity contribution in [2.45, 2.75) is 56.9 Å². The van der Waals surface area contributed by atoms with Crippen molar-refractivity contribution in [2.24, 2.45) is 18.9 Å². The van der Waals surface area contributed by atoms with Crippen LogP contribution in [0.15, 0.2) is 24.3 Å². The first-order valence-electron chi connectivity index (χ1n) is 11.4. The van der Waals surface area contributed by atoms with E-state index in [1.165, 1.54) is 5.56 Å². The molecular weight excluding hydrogens is 392 g/mol. The molecule has 0 spiro atoms. The summed E-state index contributed by atoms with van der Waals surface area (Å²) in [4.78, 5) is 26.5. The second-order valence-corrected chi connectivity index (χ2v) is 9.11. The van der Waals surface area contributed by atoms with Gasteiger partial charge in [-0.15, -0.1) is 5.10 Å². The molecule has 3 atom stereocenters. The van der Waals surface area contributed by atoms with Gasteiger partial charge in [0.05, 0.1) is 5.69 Å². The number of aryl methyl sites for hydroxylation is 1. The van der Waals surface area contributed by atoms with Crippen LogP contribution >= 0.6 is 0 Å². The zero-order chi connectivity index (χ0) is 21.4. The number of hydrazine groups is 1. The fraction of sp³-hybridized carbons (Fsp3) is 0.565. The Kier molecular flexibility index (Phi) is 5.58. The van der Waals surface area contributed by atoms with Crippen LogP contribution in [-0.2, 0) is 11.8 Å². The van der Waals surface area contributed by atoms with Gasteiger partial charge in [0, 0.05) is 43.0 Å². The summed E-state index contributed by atoms with van der Waals surface area (Å²) in [6.45, 7) is 0.943. The molecule has 8 heteroatoms. The van der Waals surface area contributed by atoms with Crippen LogP contribution in [0.25, 0.3) is 0 Å². The number of anilines is 1. The minimum Gasteiger partial charge on any atom is -0.307 e. The normalized spacial score (nSPS) is 26.0. The lowest BCUT2D eigenvalue weighted by atomic mass is 9.75. The highest BCUT2D eigenvalue weighted by atomic mass is 16.2. The number of hydrogen-bond donors (Lipinski definition) is 3. The highest BCUT2D eigenvalue weighted by Crippen LogP contribution is 2.43. The van der Waals surface area contributed by atoms with Crippen LogP contribution in [0, 0.1) is 11.8 Å².